The topological polar surface area (TPSA) is 73.6 Å². The second-order valence-corrected chi connectivity index (χ2v) is 6.82. The summed E-state index contributed by atoms with van der Waals surface area (Å²) >= 11 is 0. The van der Waals surface area contributed by atoms with Crippen molar-refractivity contribution in [2.24, 2.45) is 0 Å². The van der Waals surface area contributed by atoms with Crippen LogP contribution in [-0.2, 0) is 10.2 Å². The summed E-state index contributed by atoms with van der Waals surface area (Å²) in [6.45, 7) is 2.63. The van der Waals surface area contributed by atoms with Crippen LogP contribution in [0.2, 0.25) is 0 Å². The number of ether oxygens (including phenoxy) is 1. The van der Waals surface area contributed by atoms with Crippen LogP contribution in [0, 0.1) is 18.3 Å². The van der Waals surface area contributed by atoms with Gasteiger partial charge in [0.25, 0.3) is 10.2 Å². The zero-order valence-corrected chi connectivity index (χ0v) is 13.4. The molecule has 0 saturated carbocycles. The van der Waals surface area contributed by atoms with Crippen LogP contribution in [-0.4, -0.2) is 50.8 Å². The number of nitriles is 1. The molecule has 116 valence electrons. The Morgan fingerprint density at radius 2 is 1.81 bits per heavy atom. The lowest BCUT2D eigenvalue weighted by atomic mass is 10.2. The summed E-state index contributed by atoms with van der Waals surface area (Å²) in [5.74, 6) is 0.751. The minimum Gasteiger partial charge on any atom is -0.492 e. The lowest BCUT2D eigenvalue weighted by molar-refractivity contribution is 0.278. The van der Waals surface area contributed by atoms with Crippen molar-refractivity contribution >= 4 is 10.2 Å². The number of hydrogen-bond donors (Lipinski definition) is 0. The van der Waals surface area contributed by atoms with Gasteiger partial charge in [0.05, 0.1) is 6.07 Å². The Bertz CT molecular complexity index is 596. The van der Waals surface area contributed by atoms with Gasteiger partial charge < -0.3 is 4.74 Å². The molecule has 0 radical (unpaired) electrons. The van der Waals surface area contributed by atoms with Crippen LogP contribution in [0.25, 0.3) is 0 Å². The first-order chi connectivity index (χ1) is 9.89. The predicted molar refractivity (Wildman–Crippen MR) is 81.1 cm³/mol. The molecular weight excluding hydrogens is 290 g/mol. The van der Waals surface area contributed by atoms with Crippen LogP contribution in [0.5, 0.6) is 5.75 Å². The third kappa shape index (κ3) is 5.01. The van der Waals surface area contributed by atoms with Crippen molar-refractivity contribution in [3.05, 3.63) is 29.8 Å². The van der Waals surface area contributed by atoms with Gasteiger partial charge in [0.15, 0.2) is 0 Å². The van der Waals surface area contributed by atoms with Crippen LogP contribution in [0.15, 0.2) is 24.3 Å². The largest absolute Gasteiger partial charge is 0.492 e. The molecule has 0 unspecified atom stereocenters. The molecule has 0 aliphatic carbocycles. The molecule has 7 heteroatoms. The first kappa shape index (κ1) is 17.4. The van der Waals surface area contributed by atoms with E-state index in [1.54, 1.807) is 0 Å². The molecule has 0 aromatic heterocycles. The average molecular weight is 311 g/mol. The maximum atomic E-state index is 12.1. The molecule has 0 heterocycles. The average Bonchev–Trinajstić information content (AvgIpc) is 2.46. The maximum Gasteiger partial charge on any atom is 0.281 e. The Morgan fingerprint density at radius 3 is 2.43 bits per heavy atom. The van der Waals surface area contributed by atoms with Crippen LogP contribution < -0.4 is 4.74 Å². The fourth-order valence-corrected chi connectivity index (χ4v) is 2.78. The predicted octanol–water partition coefficient (Wildman–Crippen LogP) is 1.40. The molecule has 1 aromatic carbocycles. The van der Waals surface area contributed by atoms with Crippen molar-refractivity contribution in [2.45, 2.75) is 13.3 Å². The zero-order chi connectivity index (χ0) is 15.9. The van der Waals surface area contributed by atoms with Crippen molar-refractivity contribution < 1.29 is 13.2 Å². The number of benzene rings is 1. The molecule has 0 aliphatic heterocycles. The minimum atomic E-state index is -3.54. The van der Waals surface area contributed by atoms with E-state index in [-0.39, 0.29) is 26.1 Å². The molecule has 6 nitrogen and oxygen atoms in total. The molecule has 0 spiro atoms. The Hall–Kier alpha value is -1.62. The second-order valence-electron chi connectivity index (χ2n) is 4.67. The molecule has 0 aliphatic rings. The summed E-state index contributed by atoms with van der Waals surface area (Å²) in [4.78, 5) is 0. The Labute approximate surface area is 126 Å². The highest BCUT2D eigenvalue weighted by atomic mass is 32.2. The van der Waals surface area contributed by atoms with Crippen LogP contribution in [0.1, 0.15) is 12.0 Å². The van der Waals surface area contributed by atoms with Gasteiger partial charge in [0.2, 0.25) is 0 Å². The third-order valence-electron chi connectivity index (χ3n) is 3.08. The fraction of sp³-hybridized carbons (Fsp3) is 0.500. The molecule has 1 rings (SSSR count). The number of para-hydroxylation sites is 1. The number of rotatable bonds is 8. The number of hydrogen-bond acceptors (Lipinski definition) is 4. The summed E-state index contributed by atoms with van der Waals surface area (Å²) in [7, 11) is -0.577. The van der Waals surface area contributed by atoms with E-state index in [9.17, 15) is 8.42 Å². The van der Waals surface area contributed by atoms with E-state index < -0.39 is 10.2 Å². The number of aryl methyl sites for hydroxylation is 1. The summed E-state index contributed by atoms with van der Waals surface area (Å²) in [6.07, 6.45) is 0.170. The Kier molecular flexibility index (Phi) is 6.62. The van der Waals surface area contributed by atoms with Gasteiger partial charge in [-0.2, -0.15) is 22.3 Å². The van der Waals surface area contributed by atoms with Crippen molar-refractivity contribution in [1.29, 1.82) is 5.26 Å². The van der Waals surface area contributed by atoms with E-state index in [1.807, 2.05) is 37.3 Å². The molecule has 0 saturated heterocycles. The van der Waals surface area contributed by atoms with Gasteiger partial charge in [-0.1, -0.05) is 18.2 Å². The monoisotopic (exact) mass is 311 g/mol. The lowest BCUT2D eigenvalue weighted by Crippen LogP contribution is -2.41. The Morgan fingerprint density at radius 1 is 1.19 bits per heavy atom. The first-order valence-electron chi connectivity index (χ1n) is 6.62. The molecule has 0 amide bonds. The van der Waals surface area contributed by atoms with Gasteiger partial charge in [0, 0.05) is 33.6 Å². The van der Waals surface area contributed by atoms with Crippen LogP contribution in [0.4, 0.5) is 0 Å². The minimum absolute atomic E-state index is 0.170. The van der Waals surface area contributed by atoms with Gasteiger partial charge in [-0.05, 0) is 18.6 Å². The summed E-state index contributed by atoms with van der Waals surface area (Å²) in [5.41, 5.74) is 1.01. The highest BCUT2D eigenvalue weighted by Crippen LogP contribution is 2.16. The van der Waals surface area contributed by atoms with E-state index in [1.165, 1.54) is 22.7 Å². The number of likely N-dealkylation sites (N-methyl/N-ethyl adjacent to an activating group) is 1. The third-order valence-corrected chi connectivity index (χ3v) is 5.02. The molecular formula is C14H21N3O3S. The number of nitrogens with zero attached hydrogens (tertiary/aromatic N) is 3. The zero-order valence-electron chi connectivity index (χ0n) is 12.6. The quantitative estimate of drug-likeness (QED) is 0.727. The van der Waals surface area contributed by atoms with E-state index in [4.69, 9.17) is 10.00 Å². The first-order valence-corrected chi connectivity index (χ1v) is 8.02. The molecule has 0 bridgehead atoms. The SMILES string of the molecule is Cc1ccccc1OCCN(C)S(=O)(=O)N(C)CCC#N. The highest BCUT2D eigenvalue weighted by Gasteiger charge is 2.22. The summed E-state index contributed by atoms with van der Waals surface area (Å²) in [5, 5.41) is 8.51. The standard InChI is InChI=1S/C14H21N3O3S/c1-13-7-4-5-8-14(13)20-12-11-17(3)21(18,19)16(2)10-6-9-15/h4-5,7-8H,6,10-12H2,1-3H3. The summed E-state index contributed by atoms with van der Waals surface area (Å²) in [6, 6.07) is 9.51. The molecule has 0 fully saturated rings. The van der Waals surface area contributed by atoms with Crippen molar-refractivity contribution in [1.82, 2.24) is 8.61 Å². The van der Waals surface area contributed by atoms with Gasteiger partial charge >= 0.3 is 0 Å². The van der Waals surface area contributed by atoms with Gasteiger partial charge in [0.1, 0.15) is 12.4 Å². The molecule has 21 heavy (non-hydrogen) atoms. The van der Waals surface area contributed by atoms with E-state index in [0.29, 0.717) is 0 Å². The van der Waals surface area contributed by atoms with E-state index in [0.717, 1.165) is 11.3 Å². The van der Waals surface area contributed by atoms with E-state index >= 15 is 0 Å². The van der Waals surface area contributed by atoms with Gasteiger partial charge in [-0.3, -0.25) is 0 Å². The molecule has 0 atom stereocenters. The van der Waals surface area contributed by atoms with Crippen LogP contribution in [0.3, 0.4) is 0 Å². The summed E-state index contributed by atoms with van der Waals surface area (Å²) < 4.78 is 32.2. The fourth-order valence-electron chi connectivity index (χ4n) is 1.68. The van der Waals surface area contributed by atoms with Gasteiger partial charge in [-0.25, -0.2) is 0 Å². The van der Waals surface area contributed by atoms with E-state index in [2.05, 4.69) is 0 Å². The highest BCUT2D eigenvalue weighted by molar-refractivity contribution is 7.86. The van der Waals surface area contributed by atoms with Crippen molar-refractivity contribution in [3.8, 4) is 11.8 Å². The van der Waals surface area contributed by atoms with Crippen molar-refractivity contribution in [2.75, 3.05) is 33.8 Å². The maximum absolute atomic E-state index is 12.1. The van der Waals surface area contributed by atoms with Crippen LogP contribution >= 0.6 is 0 Å². The molecule has 1 aromatic rings. The second kappa shape index (κ2) is 7.98. The normalized spacial score (nSPS) is 11.6. The Balaban J connectivity index is 2.51. The smallest absolute Gasteiger partial charge is 0.281 e. The van der Waals surface area contributed by atoms with Gasteiger partial charge in [-0.15, -0.1) is 0 Å². The van der Waals surface area contributed by atoms with Crippen molar-refractivity contribution in [3.63, 3.8) is 0 Å². The lowest BCUT2D eigenvalue weighted by Gasteiger charge is -2.23. The molecule has 0 N–H and O–H groups in total.